The zero-order valence-electron chi connectivity index (χ0n) is 11.2. The fourth-order valence-electron chi connectivity index (χ4n) is 3.38. The summed E-state index contributed by atoms with van der Waals surface area (Å²) in [5, 5.41) is 6.29. The van der Waals surface area contributed by atoms with Crippen LogP contribution in [0.3, 0.4) is 0 Å². The number of H-pyrrole nitrogens is 1. The smallest absolute Gasteiger partial charge is 0.263 e. The molecule has 2 aliphatic heterocycles. The average molecular weight is 274 g/mol. The molecule has 4 fully saturated rings. The average Bonchev–Trinajstić information content (AvgIpc) is 2.96. The van der Waals surface area contributed by atoms with Crippen LogP contribution < -0.4 is 16.2 Å². The van der Waals surface area contributed by atoms with Crippen LogP contribution in [0.4, 0.5) is 0 Å². The molecule has 4 aliphatic rings. The van der Waals surface area contributed by atoms with Gasteiger partial charge in [-0.1, -0.05) is 6.42 Å². The van der Waals surface area contributed by atoms with Gasteiger partial charge >= 0.3 is 0 Å². The van der Waals surface area contributed by atoms with Crippen molar-refractivity contribution >= 4 is 5.91 Å². The fraction of sp³-hybridized carbons (Fsp3) is 0.643. The van der Waals surface area contributed by atoms with Crippen molar-refractivity contribution in [1.82, 2.24) is 20.6 Å². The van der Waals surface area contributed by atoms with Gasteiger partial charge in [-0.05, 0) is 25.2 Å². The van der Waals surface area contributed by atoms with E-state index in [1.54, 1.807) is 0 Å². The van der Waals surface area contributed by atoms with Crippen molar-refractivity contribution in [2.45, 2.75) is 43.7 Å². The molecule has 5 rings (SSSR count). The summed E-state index contributed by atoms with van der Waals surface area (Å²) in [6, 6.07) is 0.554. The number of nitrogens with zero attached hydrogens (tertiary/aromatic N) is 1. The normalized spacial score (nSPS) is 31.5. The summed E-state index contributed by atoms with van der Waals surface area (Å²) in [4.78, 5) is 31.2. The Morgan fingerprint density at radius 1 is 1.40 bits per heavy atom. The summed E-state index contributed by atoms with van der Waals surface area (Å²) in [7, 11) is 0. The molecule has 2 bridgehead atoms. The topological polar surface area (TPSA) is 86.9 Å². The number of fused-ring (bicyclic) bond motifs is 1. The van der Waals surface area contributed by atoms with E-state index < -0.39 is 0 Å². The highest BCUT2D eigenvalue weighted by atomic mass is 16.2. The van der Waals surface area contributed by atoms with Gasteiger partial charge < -0.3 is 15.6 Å². The standard InChI is InChI=1S/C14H18N4O2/c19-13(17-11-8-4-10(11)15-5-8)9-6-16-12(18-14(9)20)7-2-1-3-7/h6-8,10-11,15H,1-5H2,(H,17,19)(H,16,18,20)/t8-,10-,11+/m0/s1. The molecule has 3 heterocycles. The van der Waals surface area contributed by atoms with Crippen LogP contribution in [-0.4, -0.2) is 34.5 Å². The fourth-order valence-corrected chi connectivity index (χ4v) is 3.38. The van der Waals surface area contributed by atoms with E-state index in [-0.39, 0.29) is 23.1 Å². The van der Waals surface area contributed by atoms with Crippen molar-refractivity contribution in [2.75, 3.05) is 6.54 Å². The number of carbonyl (C=O) groups is 1. The Bertz CT molecular complexity index is 593. The van der Waals surface area contributed by atoms with Gasteiger partial charge in [-0.2, -0.15) is 0 Å². The number of rotatable bonds is 3. The monoisotopic (exact) mass is 274 g/mol. The van der Waals surface area contributed by atoms with Gasteiger partial charge in [-0.15, -0.1) is 0 Å². The van der Waals surface area contributed by atoms with E-state index in [4.69, 9.17) is 0 Å². The zero-order chi connectivity index (χ0) is 13.7. The maximum Gasteiger partial charge on any atom is 0.263 e. The van der Waals surface area contributed by atoms with Crippen LogP contribution in [0.15, 0.2) is 11.0 Å². The maximum absolute atomic E-state index is 12.2. The molecule has 20 heavy (non-hydrogen) atoms. The third kappa shape index (κ3) is 1.78. The van der Waals surface area contributed by atoms with E-state index in [2.05, 4.69) is 20.6 Å². The molecule has 1 amide bonds. The van der Waals surface area contributed by atoms with Gasteiger partial charge in [0.05, 0.1) is 0 Å². The number of amides is 1. The maximum atomic E-state index is 12.2. The molecule has 0 spiro atoms. The molecular weight excluding hydrogens is 256 g/mol. The third-order valence-electron chi connectivity index (χ3n) is 4.99. The van der Waals surface area contributed by atoms with Gasteiger partial charge in [0.1, 0.15) is 11.4 Å². The highest BCUT2D eigenvalue weighted by Gasteiger charge is 2.47. The van der Waals surface area contributed by atoms with E-state index in [1.807, 2.05) is 0 Å². The van der Waals surface area contributed by atoms with E-state index in [0.29, 0.717) is 17.9 Å². The Labute approximate surface area is 116 Å². The minimum atomic E-state index is -0.320. The number of carbonyl (C=O) groups excluding carboxylic acids is 1. The van der Waals surface area contributed by atoms with Crippen LogP contribution in [-0.2, 0) is 0 Å². The Kier molecular flexibility index (Phi) is 2.66. The molecule has 3 N–H and O–H groups in total. The number of aromatic amines is 1. The third-order valence-corrected chi connectivity index (χ3v) is 4.99. The largest absolute Gasteiger partial charge is 0.347 e. The lowest BCUT2D eigenvalue weighted by Crippen LogP contribution is -2.54. The van der Waals surface area contributed by atoms with E-state index in [9.17, 15) is 9.59 Å². The molecule has 1 aromatic heterocycles. The molecule has 1 aromatic rings. The van der Waals surface area contributed by atoms with Gasteiger partial charge in [0, 0.05) is 30.7 Å². The van der Waals surface area contributed by atoms with E-state index >= 15 is 0 Å². The van der Waals surface area contributed by atoms with Crippen LogP contribution in [0.1, 0.15) is 47.8 Å². The first-order valence-corrected chi connectivity index (χ1v) is 7.36. The highest BCUT2D eigenvalue weighted by Crippen LogP contribution is 2.34. The minimum absolute atomic E-state index is 0.124. The van der Waals surface area contributed by atoms with Crippen molar-refractivity contribution in [2.24, 2.45) is 5.92 Å². The Morgan fingerprint density at radius 2 is 2.25 bits per heavy atom. The molecule has 0 aromatic carbocycles. The Morgan fingerprint density at radius 3 is 2.80 bits per heavy atom. The summed E-state index contributed by atoms with van der Waals surface area (Å²) in [5.74, 6) is 1.31. The zero-order valence-corrected chi connectivity index (χ0v) is 11.2. The molecule has 2 saturated carbocycles. The predicted molar refractivity (Wildman–Crippen MR) is 72.6 cm³/mol. The number of nitrogens with one attached hydrogen (secondary N) is 3. The quantitative estimate of drug-likeness (QED) is 0.731. The summed E-state index contributed by atoms with van der Waals surface area (Å²) in [6.45, 7) is 0.963. The number of aromatic nitrogens is 2. The summed E-state index contributed by atoms with van der Waals surface area (Å²) < 4.78 is 0. The van der Waals surface area contributed by atoms with Crippen molar-refractivity contribution in [3.8, 4) is 0 Å². The second kappa shape index (κ2) is 4.41. The van der Waals surface area contributed by atoms with Crippen LogP contribution in [0.25, 0.3) is 0 Å². The SMILES string of the molecule is O=C(N[C@@H]1[C@@H]2CN[C@H]1C2)c1cnc(C2CCC2)[nH]c1=O. The van der Waals surface area contributed by atoms with Crippen LogP contribution in [0.2, 0.25) is 0 Å². The first kappa shape index (κ1) is 12.1. The van der Waals surface area contributed by atoms with Gasteiger partial charge in [0.15, 0.2) is 0 Å². The lowest BCUT2D eigenvalue weighted by molar-refractivity contribution is 0.0889. The van der Waals surface area contributed by atoms with Crippen molar-refractivity contribution < 1.29 is 4.79 Å². The van der Waals surface area contributed by atoms with Gasteiger partial charge in [-0.3, -0.25) is 9.59 Å². The van der Waals surface area contributed by atoms with Crippen molar-refractivity contribution in [3.63, 3.8) is 0 Å². The van der Waals surface area contributed by atoms with Crippen molar-refractivity contribution in [3.05, 3.63) is 27.9 Å². The lowest BCUT2D eigenvalue weighted by atomic mass is 9.80. The summed E-state index contributed by atoms with van der Waals surface area (Å²) in [6.07, 6.45) is 5.89. The molecule has 2 aliphatic carbocycles. The number of hydrogen-bond acceptors (Lipinski definition) is 4. The van der Waals surface area contributed by atoms with Crippen molar-refractivity contribution in [1.29, 1.82) is 0 Å². The first-order valence-electron chi connectivity index (χ1n) is 7.36. The molecule has 6 nitrogen and oxygen atoms in total. The van der Waals surface area contributed by atoms with Gasteiger partial charge in [0.25, 0.3) is 11.5 Å². The lowest BCUT2D eigenvalue weighted by Gasteiger charge is -2.34. The Balaban J connectivity index is 1.49. The minimum Gasteiger partial charge on any atom is -0.347 e. The molecule has 0 unspecified atom stereocenters. The van der Waals surface area contributed by atoms with Crippen LogP contribution >= 0.6 is 0 Å². The molecule has 2 saturated heterocycles. The summed E-state index contributed by atoms with van der Waals surface area (Å²) >= 11 is 0. The molecular formula is C14H18N4O2. The molecule has 106 valence electrons. The summed E-state index contributed by atoms with van der Waals surface area (Å²) in [5.41, 5.74) is -0.196. The molecule has 3 atom stereocenters. The van der Waals surface area contributed by atoms with E-state index in [1.165, 1.54) is 12.6 Å². The predicted octanol–water partition coefficient (Wildman–Crippen LogP) is 0.127. The van der Waals surface area contributed by atoms with Gasteiger partial charge in [-0.25, -0.2) is 4.98 Å². The van der Waals surface area contributed by atoms with Crippen LogP contribution in [0.5, 0.6) is 0 Å². The Hall–Kier alpha value is -1.69. The molecule has 6 heteroatoms. The van der Waals surface area contributed by atoms with E-state index in [0.717, 1.165) is 31.6 Å². The number of hydrogen-bond donors (Lipinski definition) is 3. The second-order valence-corrected chi connectivity index (χ2v) is 6.15. The molecule has 0 radical (unpaired) electrons. The first-order chi connectivity index (χ1) is 9.72. The second-order valence-electron chi connectivity index (χ2n) is 6.15. The van der Waals surface area contributed by atoms with Crippen LogP contribution in [0, 0.1) is 5.92 Å². The highest BCUT2D eigenvalue weighted by molar-refractivity contribution is 5.93. The van der Waals surface area contributed by atoms with Gasteiger partial charge in [0.2, 0.25) is 0 Å².